The predicted molar refractivity (Wildman–Crippen MR) is 248 cm³/mol. The highest BCUT2D eigenvalue weighted by Crippen LogP contribution is 2.62. The molecule has 0 bridgehead atoms. The predicted octanol–water partition coefficient (Wildman–Crippen LogP) is 9.05. The summed E-state index contributed by atoms with van der Waals surface area (Å²) in [5.41, 5.74) is 3.98. The molecule has 1 saturated carbocycles. The number of carbonyl (C=O) groups is 1. The molecule has 0 saturated heterocycles. The number of benzene rings is 4. The normalized spacial score (nSPS) is 22.9. The van der Waals surface area contributed by atoms with E-state index in [0.717, 1.165) is 42.4 Å². The van der Waals surface area contributed by atoms with Crippen LogP contribution in [0.5, 0.6) is 23.0 Å². The Morgan fingerprint density at radius 1 is 0.985 bits per heavy atom. The number of amides is 1. The molecule has 6 atom stereocenters. The number of nitrogens with zero attached hydrogens (tertiary/aromatic N) is 3. The highest BCUT2D eigenvalue weighted by atomic mass is 19.1. The van der Waals surface area contributed by atoms with Gasteiger partial charge in [0, 0.05) is 61.4 Å². The lowest BCUT2D eigenvalue weighted by Gasteiger charge is -2.60. The Hall–Kier alpha value is -6.55. The summed E-state index contributed by atoms with van der Waals surface area (Å²) in [6.45, 7) is 4.32. The number of fused-ring (bicyclic) bond motifs is 3. The number of ether oxygens (including phenoxy) is 5. The van der Waals surface area contributed by atoms with Crippen molar-refractivity contribution < 1.29 is 52.8 Å². The fourth-order valence-electron chi connectivity index (χ4n) is 10.2. The van der Waals surface area contributed by atoms with Crippen LogP contribution < -0.4 is 18.9 Å². The molecule has 0 spiro atoms. The molecule has 4 aromatic rings. The molecule has 0 unspecified atom stereocenters. The lowest BCUT2D eigenvalue weighted by atomic mass is 9.55. The molecule has 14 nitrogen and oxygen atoms in total. The van der Waals surface area contributed by atoms with E-state index in [4.69, 9.17) is 28.5 Å². The van der Waals surface area contributed by atoms with Gasteiger partial charge in [-0.25, -0.2) is 4.39 Å². The van der Waals surface area contributed by atoms with Gasteiger partial charge in [0.05, 0.1) is 23.2 Å². The fraction of sp³-hybridized carbons (Fsp3) is 0.385. The summed E-state index contributed by atoms with van der Waals surface area (Å²) < 4.78 is 47.0. The number of oxime groups is 1. The van der Waals surface area contributed by atoms with Crippen LogP contribution in [0.4, 0.5) is 10.1 Å². The smallest absolute Gasteiger partial charge is 0.269 e. The summed E-state index contributed by atoms with van der Waals surface area (Å²) in [7, 11) is 1.49. The van der Waals surface area contributed by atoms with Gasteiger partial charge in [0.1, 0.15) is 37.1 Å². The van der Waals surface area contributed by atoms with Crippen molar-refractivity contribution in [3.05, 3.63) is 153 Å². The minimum atomic E-state index is -1.56. The molecule has 2 N–H and O–H groups in total. The van der Waals surface area contributed by atoms with E-state index in [-0.39, 0.29) is 75.4 Å². The van der Waals surface area contributed by atoms with Crippen LogP contribution in [0.3, 0.4) is 0 Å². The van der Waals surface area contributed by atoms with Gasteiger partial charge in [-0.15, -0.1) is 6.58 Å². The zero-order valence-electron chi connectivity index (χ0n) is 37.5. The average molecular weight is 918 g/mol. The Bertz CT molecular complexity index is 2510. The van der Waals surface area contributed by atoms with Crippen LogP contribution in [0.25, 0.3) is 6.08 Å². The van der Waals surface area contributed by atoms with Crippen molar-refractivity contribution in [2.75, 3.05) is 33.7 Å². The third kappa shape index (κ3) is 10.1. The van der Waals surface area contributed by atoms with Gasteiger partial charge in [0.2, 0.25) is 18.5 Å². The molecule has 67 heavy (non-hydrogen) atoms. The average Bonchev–Trinajstić information content (AvgIpc) is 3.81. The van der Waals surface area contributed by atoms with Crippen LogP contribution in [0.15, 0.2) is 120 Å². The Morgan fingerprint density at radius 3 is 2.49 bits per heavy atom. The minimum absolute atomic E-state index is 0.00129. The van der Waals surface area contributed by atoms with Crippen molar-refractivity contribution in [1.82, 2.24) is 4.90 Å². The van der Waals surface area contributed by atoms with Crippen LogP contribution in [-0.4, -0.2) is 77.2 Å². The number of nitro groups is 1. The molecule has 2 aliphatic carbocycles. The van der Waals surface area contributed by atoms with Gasteiger partial charge >= 0.3 is 0 Å². The Balaban J connectivity index is 1.30. The monoisotopic (exact) mass is 917 g/mol. The van der Waals surface area contributed by atoms with Crippen LogP contribution in [-0.2, 0) is 27.5 Å². The summed E-state index contributed by atoms with van der Waals surface area (Å²) in [6.07, 6.45) is 11.3. The molecule has 15 heteroatoms. The Kier molecular flexibility index (Phi) is 15.0. The van der Waals surface area contributed by atoms with Crippen molar-refractivity contribution in [3.63, 3.8) is 0 Å². The molecular formula is C52H56FN3O11. The molecular weight excluding hydrogens is 862 g/mol. The fourth-order valence-corrected chi connectivity index (χ4v) is 10.2. The second-order valence-electron chi connectivity index (χ2n) is 17.2. The number of aliphatic hydroxyl groups is 2. The first-order valence-electron chi connectivity index (χ1n) is 22.8. The van der Waals surface area contributed by atoms with Crippen molar-refractivity contribution in [2.24, 2.45) is 22.9 Å². The zero-order valence-corrected chi connectivity index (χ0v) is 37.5. The summed E-state index contributed by atoms with van der Waals surface area (Å²) in [4.78, 5) is 33.4. The molecule has 0 aromatic heterocycles. The molecule has 2 heterocycles. The molecule has 4 aliphatic rings. The van der Waals surface area contributed by atoms with Crippen molar-refractivity contribution in [1.29, 1.82) is 0 Å². The van der Waals surface area contributed by atoms with Crippen molar-refractivity contribution in [3.8, 4) is 23.0 Å². The van der Waals surface area contributed by atoms with Crippen molar-refractivity contribution >= 4 is 23.4 Å². The maximum atomic E-state index is 15.1. The first-order valence-corrected chi connectivity index (χ1v) is 22.8. The first kappa shape index (κ1) is 47.0. The van der Waals surface area contributed by atoms with E-state index in [1.54, 1.807) is 59.5 Å². The van der Waals surface area contributed by atoms with E-state index >= 15 is 4.79 Å². The molecule has 1 fully saturated rings. The number of hydrogen-bond donors (Lipinski definition) is 2. The summed E-state index contributed by atoms with van der Waals surface area (Å²) in [5.74, 6) is -1.11. The van der Waals surface area contributed by atoms with E-state index in [2.05, 4.69) is 17.8 Å². The first-order chi connectivity index (χ1) is 32.7. The lowest BCUT2D eigenvalue weighted by Crippen LogP contribution is -2.70. The van der Waals surface area contributed by atoms with Crippen LogP contribution in [0.2, 0.25) is 0 Å². The number of carbonyl (C=O) groups excluding carboxylic acids is 1. The number of non-ortho nitro benzene ring substituents is 1. The third-order valence-electron chi connectivity index (χ3n) is 13.2. The van der Waals surface area contributed by atoms with Gasteiger partial charge in [0.25, 0.3) is 5.69 Å². The molecule has 2 aliphatic heterocycles. The molecule has 352 valence electrons. The van der Waals surface area contributed by atoms with Crippen LogP contribution in [0, 0.1) is 33.7 Å². The van der Waals surface area contributed by atoms with Gasteiger partial charge in [-0.1, -0.05) is 54.4 Å². The summed E-state index contributed by atoms with van der Waals surface area (Å²) in [6, 6.07) is 22.7. The van der Waals surface area contributed by atoms with Gasteiger partial charge in [-0.3, -0.25) is 14.9 Å². The summed E-state index contributed by atoms with van der Waals surface area (Å²) >= 11 is 0. The van der Waals surface area contributed by atoms with E-state index in [0.29, 0.717) is 52.7 Å². The van der Waals surface area contributed by atoms with Crippen LogP contribution in [0.1, 0.15) is 73.1 Å². The maximum absolute atomic E-state index is 15.1. The number of allylic oxidation sites excluding steroid dienone is 1. The Labute approximate surface area is 389 Å². The van der Waals surface area contributed by atoms with E-state index in [1.165, 1.54) is 31.4 Å². The number of hydrogen-bond acceptors (Lipinski definition) is 12. The quantitative estimate of drug-likeness (QED) is 0.0269. The standard InChI is InChI=1S/C52H56FN3O11/c1-3-26-66-52-48(55(31-35-16-21-46-47(27-35)65-33-64-46)49(59)23-17-34-14-18-38(19-15-34)56(60)61)30-44(54-62-2)41-28-36(10-6-8-24-57)40(12-7-9-25-58)50(51(41)52)42-29-39(20-22-45(42)67-52)63-32-37-11-4-5-13-43(37)53/h3-5,11,13-23,27-29,36,40,48,50-51,57-58H,1,6-10,12,24-26,30-33H2,2H3/t36-,40+,48-,50+,51+,52+/m0/s1. The Morgan fingerprint density at radius 2 is 1.75 bits per heavy atom. The summed E-state index contributed by atoms with van der Waals surface area (Å²) in [5, 5.41) is 36.0. The van der Waals surface area contributed by atoms with Gasteiger partial charge in [0.15, 0.2) is 11.5 Å². The van der Waals surface area contributed by atoms with Gasteiger partial charge < -0.3 is 43.6 Å². The van der Waals surface area contributed by atoms with E-state index < -0.39 is 28.6 Å². The van der Waals surface area contributed by atoms with Gasteiger partial charge in [-0.2, -0.15) is 0 Å². The number of nitro benzene ring substituents is 1. The number of unbranched alkanes of at least 4 members (excludes halogenated alkanes) is 2. The minimum Gasteiger partial charge on any atom is -0.489 e. The lowest BCUT2D eigenvalue weighted by molar-refractivity contribution is -0.384. The molecule has 4 aromatic carbocycles. The molecule has 1 amide bonds. The van der Waals surface area contributed by atoms with E-state index in [9.17, 15) is 24.7 Å². The van der Waals surface area contributed by atoms with Gasteiger partial charge in [-0.05, 0) is 109 Å². The van der Waals surface area contributed by atoms with Crippen LogP contribution >= 0.6 is 0 Å². The van der Waals surface area contributed by atoms with Crippen molar-refractivity contribution in [2.45, 2.75) is 75.8 Å². The molecule has 0 radical (unpaired) electrons. The maximum Gasteiger partial charge on any atom is 0.269 e. The third-order valence-corrected chi connectivity index (χ3v) is 13.2. The number of halogens is 1. The highest BCUT2D eigenvalue weighted by Gasteiger charge is 2.65. The second-order valence-corrected chi connectivity index (χ2v) is 17.2. The molecule has 8 rings (SSSR count). The largest absolute Gasteiger partial charge is 0.489 e. The van der Waals surface area contributed by atoms with E-state index in [1.807, 2.05) is 24.3 Å². The number of rotatable bonds is 21. The highest BCUT2D eigenvalue weighted by molar-refractivity contribution is 6.03. The topological polar surface area (TPSA) is 172 Å². The second kappa shape index (κ2) is 21.4. The zero-order chi connectivity index (χ0) is 46.9. The number of aliphatic hydroxyl groups excluding tert-OH is 2. The SMILES string of the molecule is C=CCO[C@@]12Oc3ccc(OCc4ccccc4F)cc3[C@H]3[C@H](CCCCO)[C@@H](CCCCO)C=C(C(=NOC)C[C@@H]1N(Cc1ccc4c(c1)OCO4)C(=O)C=Cc1ccc([N+](=O)[O-])cc1)[C@H]32.